The van der Waals surface area contributed by atoms with Gasteiger partial charge < -0.3 is 9.84 Å². The first-order valence-electron chi connectivity index (χ1n) is 9.08. The molecule has 0 unspecified atom stereocenters. The standard InChI is InChI=1S/C20H11ClF2N6O3/c21-10-2-3-16(32-20(22)23)15(6-10)29-14-7-13(25-8-12(14)17(27-29)19(30)31)11-9-26-28-5-1-4-24-18(11)28/h1-9,20H,(H,30,31). The normalized spacial score (nSPS) is 11.5. The van der Waals surface area contributed by atoms with Gasteiger partial charge in [-0.15, -0.1) is 0 Å². The lowest BCUT2D eigenvalue weighted by atomic mass is 10.1. The van der Waals surface area contributed by atoms with E-state index >= 15 is 0 Å². The zero-order chi connectivity index (χ0) is 22.4. The SMILES string of the molecule is O=C(O)c1nn(-c2cc(Cl)ccc2OC(F)F)c2cc(-c3cnn4cccnc34)ncc12. The lowest BCUT2D eigenvalue weighted by Crippen LogP contribution is -2.07. The maximum absolute atomic E-state index is 13.0. The number of ether oxygens (including phenoxy) is 1. The number of aromatic carboxylic acids is 1. The van der Waals surface area contributed by atoms with E-state index in [2.05, 4.69) is 24.9 Å². The molecule has 12 heteroatoms. The van der Waals surface area contributed by atoms with Crippen LogP contribution >= 0.6 is 11.6 Å². The van der Waals surface area contributed by atoms with Crippen molar-refractivity contribution in [1.29, 1.82) is 0 Å². The van der Waals surface area contributed by atoms with Crippen molar-refractivity contribution >= 4 is 34.1 Å². The first-order chi connectivity index (χ1) is 15.4. The summed E-state index contributed by atoms with van der Waals surface area (Å²) in [4.78, 5) is 20.4. The van der Waals surface area contributed by atoms with Gasteiger partial charge in [-0.1, -0.05) is 11.6 Å². The highest BCUT2D eigenvalue weighted by Crippen LogP contribution is 2.33. The number of pyridine rings is 1. The molecule has 0 aliphatic heterocycles. The molecule has 4 aromatic heterocycles. The molecule has 0 fully saturated rings. The number of carbonyl (C=O) groups is 1. The van der Waals surface area contributed by atoms with Crippen LogP contribution in [0.15, 0.2) is 55.1 Å². The highest BCUT2D eigenvalue weighted by Gasteiger charge is 2.22. The van der Waals surface area contributed by atoms with Gasteiger partial charge in [-0.05, 0) is 30.3 Å². The van der Waals surface area contributed by atoms with E-state index in [9.17, 15) is 18.7 Å². The van der Waals surface area contributed by atoms with E-state index in [0.717, 1.165) is 0 Å². The van der Waals surface area contributed by atoms with Crippen LogP contribution in [0.3, 0.4) is 0 Å². The summed E-state index contributed by atoms with van der Waals surface area (Å²) in [5.74, 6) is -1.53. The molecule has 0 spiro atoms. The molecule has 4 heterocycles. The molecule has 0 saturated carbocycles. The average molecular weight is 457 g/mol. The number of rotatable bonds is 5. The Kier molecular flexibility index (Phi) is 4.67. The summed E-state index contributed by atoms with van der Waals surface area (Å²) >= 11 is 6.07. The van der Waals surface area contributed by atoms with Crippen molar-refractivity contribution in [1.82, 2.24) is 29.4 Å². The van der Waals surface area contributed by atoms with Crippen molar-refractivity contribution in [3.05, 3.63) is 65.8 Å². The van der Waals surface area contributed by atoms with Crippen LogP contribution in [-0.4, -0.2) is 47.0 Å². The quantitative estimate of drug-likeness (QED) is 0.424. The zero-order valence-electron chi connectivity index (χ0n) is 15.9. The van der Waals surface area contributed by atoms with E-state index in [-0.39, 0.29) is 27.5 Å². The minimum atomic E-state index is -3.10. The van der Waals surface area contributed by atoms with E-state index in [1.54, 1.807) is 35.2 Å². The van der Waals surface area contributed by atoms with Crippen molar-refractivity contribution in [2.75, 3.05) is 0 Å². The Morgan fingerprint density at radius 2 is 2.03 bits per heavy atom. The number of carboxylic acids is 1. The maximum Gasteiger partial charge on any atom is 0.387 e. The average Bonchev–Trinajstić information content (AvgIpc) is 3.36. The monoisotopic (exact) mass is 456 g/mol. The van der Waals surface area contributed by atoms with Gasteiger partial charge in [0.1, 0.15) is 5.69 Å². The Labute approximate surface area is 182 Å². The van der Waals surface area contributed by atoms with Gasteiger partial charge in [-0.2, -0.15) is 19.0 Å². The maximum atomic E-state index is 13.0. The molecule has 5 rings (SSSR count). The molecule has 0 aliphatic carbocycles. The molecular weight excluding hydrogens is 446 g/mol. The summed E-state index contributed by atoms with van der Waals surface area (Å²) in [6, 6.07) is 7.29. The molecule has 0 saturated heterocycles. The second-order valence-electron chi connectivity index (χ2n) is 6.59. The van der Waals surface area contributed by atoms with Crippen LogP contribution < -0.4 is 4.74 Å². The number of carboxylic acid groups (broad SMARTS) is 1. The van der Waals surface area contributed by atoms with Crippen LogP contribution in [0.25, 0.3) is 33.5 Å². The van der Waals surface area contributed by atoms with Gasteiger partial charge in [0.05, 0.1) is 28.4 Å². The Bertz CT molecular complexity index is 1500. The molecule has 32 heavy (non-hydrogen) atoms. The van der Waals surface area contributed by atoms with Crippen molar-refractivity contribution < 1.29 is 23.4 Å². The molecule has 160 valence electrons. The van der Waals surface area contributed by atoms with E-state index in [1.807, 2.05) is 0 Å². The van der Waals surface area contributed by atoms with Gasteiger partial charge in [0.25, 0.3) is 0 Å². The van der Waals surface area contributed by atoms with E-state index < -0.39 is 12.6 Å². The minimum Gasteiger partial charge on any atom is -0.476 e. The fourth-order valence-electron chi connectivity index (χ4n) is 3.36. The predicted octanol–water partition coefficient (Wildman–Crippen LogP) is 4.08. The summed E-state index contributed by atoms with van der Waals surface area (Å²) < 4.78 is 33.3. The third-order valence-corrected chi connectivity index (χ3v) is 4.92. The Morgan fingerprint density at radius 1 is 1.19 bits per heavy atom. The summed E-state index contributed by atoms with van der Waals surface area (Å²) in [7, 11) is 0. The van der Waals surface area contributed by atoms with Crippen molar-refractivity contribution in [2.45, 2.75) is 6.61 Å². The number of halogens is 3. The van der Waals surface area contributed by atoms with Gasteiger partial charge in [0, 0.05) is 23.6 Å². The molecule has 0 bridgehead atoms. The number of alkyl halides is 2. The van der Waals surface area contributed by atoms with Crippen LogP contribution in [-0.2, 0) is 0 Å². The smallest absolute Gasteiger partial charge is 0.387 e. The van der Waals surface area contributed by atoms with E-state index in [4.69, 9.17) is 11.6 Å². The van der Waals surface area contributed by atoms with Crippen LogP contribution in [0.4, 0.5) is 8.78 Å². The van der Waals surface area contributed by atoms with Crippen molar-refractivity contribution in [2.24, 2.45) is 0 Å². The number of hydrogen-bond donors (Lipinski definition) is 1. The zero-order valence-corrected chi connectivity index (χ0v) is 16.6. The molecule has 0 atom stereocenters. The molecule has 0 amide bonds. The van der Waals surface area contributed by atoms with Crippen molar-refractivity contribution in [3.8, 4) is 22.7 Å². The minimum absolute atomic E-state index is 0.0467. The summed E-state index contributed by atoms with van der Waals surface area (Å²) in [6.07, 6.45) is 6.24. The fourth-order valence-corrected chi connectivity index (χ4v) is 3.52. The molecule has 1 N–H and O–H groups in total. The van der Waals surface area contributed by atoms with Crippen LogP contribution in [0, 0.1) is 0 Å². The number of hydrogen-bond acceptors (Lipinski definition) is 6. The molecule has 5 aromatic rings. The van der Waals surface area contributed by atoms with E-state index in [0.29, 0.717) is 22.4 Å². The highest BCUT2D eigenvalue weighted by atomic mass is 35.5. The molecule has 0 radical (unpaired) electrons. The molecular formula is C20H11ClF2N6O3. The van der Waals surface area contributed by atoms with Gasteiger partial charge in [0.2, 0.25) is 0 Å². The number of nitrogens with zero attached hydrogens (tertiary/aromatic N) is 6. The third-order valence-electron chi connectivity index (χ3n) is 4.69. The topological polar surface area (TPSA) is 107 Å². The van der Waals surface area contributed by atoms with Crippen molar-refractivity contribution in [3.63, 3.8) is 0 Å². The third kappa shape index (κ3) is 3.28. The Balaban J connectivity index is 1.78. The highest BCUT2D eigenvalue weighted by molar-refractivity contribution is 6.30. The Morgan fingerprint density at radius 3 is 2.81 bits per heavy atom. The Hall–Kier alpha value is -4.12. The number of aromatic nitrogens is 6. The number of benzene rings is 1. The second kappa shape index (κ2) is 7.54. The molecule has 0 aliphatic rings. The van der Waals surface area contributed by atoms with Gasteiger partial charge in [-0.25, -0.2) is 19.0 Å². The lowest BCUT2D eigenvalue weighted by molar-refractivity contribution is -0.0498. The van der Waals surface area contributed by atoms with Crippen LogP contribution in [0.2, 0.25) is 5.02 Å². The lowest BCUT2D eigenvalue weighted by Gasteiger charge is -2.12. The van der Waals surface area contributed by atoms with Gasteiger partial charge in [0.15, 0.2) is 17.1 Å². The molecule has 9 nitrogen and oxygen atoms in total. The number of fused-ring (bicyclic) bond motifs is 2. The predicted molar refractivity (Wildman–Crippen MR) is 109 cm³/mol. The summed E-state index contributed by atoms with van der Waals surface area (Å²) in [6.45, 7) is -3.10. The second-order valence-corrected chi connectivity index (χ2v) is 7.03. The first-order valence-corrected chi connectivity index (χ1v) is 9.45. The summed E-state index contributed by atoms with van der Waals surface area (Å²) in [5, 5.41) is 18.4. The largest absolute Gasteiger partial charge is 0.476 e. The van der Waals surface area contributed by atoms with Crippen LogP contribution in [0.5, 0.6) is 5.75 Å². The molecule has 1 aromatic carbocycles. The fraction of sp³-hybridized carbons (Fsp3) is 0.0500. The van der Waals surface area contributed by atoms with E-state index in [1.165, 1.54) is 29.1 Å². The summed E-state index contributed by atoms with van der Waals surface area (Å²) in [5.41, 5.74) is 1.60. The van der Waals surface area contributed by atoms with Crippen LogP contribution in [0.1, 0.15) is 10.5 Å². The van der Waals surface area contributed by atoms with Gasteiger partial charge in [-0.3, -0.25) is 4.98 Å². The van der Waals surface area contributed by atoms with Gasteiger partial charge >= 0.3 is 12.6 Å². The first kappa shape index (κ1) is 19.8.